The molecule has 0 amide bonds. The van der Waals surface area contributed by atoms with Crippen LogP contribution >= 0.6 is 7.75 Å². The number of ether oxygens (including phenoxy) is 4. The summed E-state index contributed by atoms with van der Waals surface area (Å²) in [5.74, 6) is -1.70. The topological polar surface area (TPSA) is 183 Å². The largest absolute Gasteiger partial charge is 0.508 e. The van der Waals surface area contributed by atoms with Crippen LogP contribution in [-0.2, 0) is 43.8 Å². The number of likely N-dealkylation sites (N-methyl/N-ethyl adjacent to an activating group) is 1. The van der Waals surface area contributed by atoms with E-state index in [0.717, 1.165) is 10.5 Å². The van der Waals surface area contributed by atoms with E-state index in [4.69, 9.17) is 23.9 Å². The normalized spacial score (nSPS) is 11.7. The fourth-order valence-corrected chi connectivity index (χ4v) is 4.17. The molecule has 38 heavy (non-hydrogen) atoms. The monoisotopic (exact) mass is 561 g/mol. The summed E-state index contributed by atoms with van der Waals surface area (Å²) < 4.78 is 43.0. The lowest BCUT2D eigenvalue weighted by molar-refractivity contribution is -0.141. The number of nitrogens with zero attached hydrogens (tertiary/aromatic N) is 1. The Balaban J connectivity index is 2.77. The van der Waals surface area contributed by atoms with Crippen LogP contribution in [0.1, 0.15) is 32.3 Å². The molecule has 1 aromatic carbocycles. The average molecular weight is 562 g/mol. The lowest BCUT2D eigenvalue weighted by Gasteiger charge is -2.29. The van der Waals surface area contributed by atoms with Crippen LogP contribution in [0.25, 0.3) is 0 Å². The fraction of sp³-hybridized carbons (Fsp3) is 0.565. The molecule has 3 N–H and O–H groups in total. The molecule has 0 bridgehead atoms. The predicted octanol–water partition coefficient (Wildman–Crippen LogP) is 3.41. The fourth-order valence-electron chi connectivity index (χ4n) is 2.81. The van der Waals surface area contributed by atoms with Gasteiger partial charge in [0.1, 0.15) is 6.04 Å². The van der Waals surface area contributed by atoms with E-state index in [0.29, 0.717) is 0 Å². The summed E-state index contributed by atoms with van der Waals surface area (Å²) in [4.78, 5) is 35.5. The maximum absolute atomic E-state index is 13.3. The summed E-state index contributed by atoms with van der Waals surface area (Å²) in [6.45, 7) is 3.02. The van der Waals surface area contributed by atoms with Crippen molar-refractivity contribution in [1.82, 2.24) is 9.99 Å². The van der Waals surface area contributed by atoms with Crippen molar-refractivity contribution in [2.45, 2.75) is 39.2 Å². The summed E-state index contributed by atoms with van der Waals surface area (Å²) in [7, 11) is -2.82. The van der Waals surface area contributed by atoms with Crippen molar-refractivity contribution in [2.24, 2.45) is 0 Å². The van der Waals surface area contributed by atoms with Gasteiger partial charge in [0.15, 0.2) is 0 Å². The third kappa shape index (κ3) is 13.3. The quantitative estimate of drug-likeness (QED) is 0.0827. The Morgan fingerprint density at radius 3 is 1.87 bits per heavy atom. The van der Waals surface area contributed by atoms with Gasteiger partial charge in [-0.2, -0.15) is 0 Å². The first-order valence-electron chi connectivity index (χ1n) is 12.0. The molecule has 1 rings (SSSR count). The minimum Gasteiger partial charge on any atom is -0.480 e. The number of carbonyl (C=O) groups excluding carboxylic acids is 2. The van der Waals surface area contributed by atoms with Gasteiger partial charge in [0, 0.05) is 26.3 Å². The molecule has 0 radical (unpaired) electrons. The van der Waals surface area contributed by atoms with Crippen molar-refractivity contribution in [3.05, 3.63) is 35.9 Å². The smallest absolute Gasteiger partial charge is 0.480 e. The number of carboxylic acid groups (broad SMARTS) is 1. The number of aliphatic carboxylic acids is 1. The van der Waals surface area contributed by atoms with E-state index >= 15 is 0 Å². The first-order chi connectivity index (χ1) is 18.1. The Morgan fingerprint density at radius 2 is 1.42 bits per heavy atom. The molecule has 1 aromatic rings. The third-order valence-corrected chi connectivity index (χ3v) is 6.21. The third-order valence-electron chi connectivity index (χ3n) is 4.68. The number of nitrogens with one attached hydrogen (secondary N) is 2. The number of hydrogen-bond donors (Lipinski definition) is 3. The molecule has 0 aromatic heterocycles. The Hall–Kier alpha value is -3.35. The van der Waals surface area contributed by atoms with Gasteiger partial charge in [-0.15, -0.1) is 0 Å². The Morgan fingerprint density at radius 1 is 0.921 bits per heavy atom. The van der Waals surface area contributed by atoms with Gasteiger partial charge in [0.05, 0.1) is 39.6 Å². The van der Waals surface area contributed by atoms with E-state index in [1.54, 1.807) is 44.2 Å². The van der Waals surface area contributed by atoms with Gasteiger partial charge in [-0.05, 0) is 19.4 Å². The summed E-state index contributed by atoms with van der Waals surface area (Å²) in [5, 5.41) is 20.4. The molecule has 1 unspecified atom stereocenters. The average Bonchev–Trinajstić information content (AvgIpc) is 2.87. The molecule has 14 nitrogen and oxygen atoms in total. The molecule has 0 aliphatic carbocycles. The highest BCUT2D eigenvalue weighted by atomic mass is 31.2. The van der Waals surface area contributed by atoms with Crippen LogP contribution in [0.4, 0.5) is 9.59 Å². The van der Waals surface area contributed by atoms with Crippen molar-refractivity contribution in [3.63, 3.8) is 0 Å². The summed E-state index contributed by atoms with van der Waals surface area (Å²) in [6.07, 6.45) is -1.36. The highest BCUT2D eigenvalue weighted by Gasteiger charge is 2.32. The maximum Gasteiger partial charge on any atom is 0.508 e. The van der Waals surface area contributed by atoms with Gasteiger partial charge < -0.3 is 29.0 Å². The summed E-state index contributed by atoms with van der Waals surface area (Å²) >= 11 is 0. The first kappa shape index (κ1) is 32.7. The maximum atomic E-state index is 13.3. The van der Waals surface area contributed by atoms with Gasteiger partial charge in [-0.3, -0.25) is 19.5 Å². The molecule has 214 valence electrons. The number of carboxylic acids is 1. The van der Waals surface area contributed by atoms with Crippen molar-refractivity contribution >= 4 is 32.0 Å². The summed E-state index contributed by atoms with van der Waals surface area (Å²) in [6, 6.07) is 7.70. The van der Waals surface area contributed by atoms with Crippen LogP contribution in [0.5, 0.6) is 0 Å². The van der Waals surface area contributed by atoms with Crippen molar-refractivity contribution in [1.29, 1.82) is 5.41 Å². The van der Waals surface area contributed by atoms with E-state index in [1.165, 1.54) is 7.05 Å². The number of guanidine groups is 1. The van der Waals surface area contributed by atoms with Gasteiger partial charge in [0.2, 0.25) is 5.96 Å². The van der Waals surface area contributed by atoms with E-state index in [-0.39, 0.29) is 58.9 Å². The molecular formula is C23H36N3O11P. The molecule has 0 aliphatic heterocycles. The van der Waals surface area contributed by atoms with Gasteiger partial charge >= 0.3 is 26.0 Å². The van der Waals surface area contributed by atoms with E-state index in [1.807, 2.05) is 0 Å². The van der Waals surface area contributed by atoms with Crippen molar-refractivity contribution < 1.29 is 52.1 Å². The molecule has 0 heterocycles. The molecule has 0 spiro atoms. The van der Waals surface area contributed by atoms with Crippen LogP contribution in [0.15, 0.2) is 30.3 Å². The number of hydrogen-bond acceptors (Lipinski definition) is 11. The Kier molecular flexibility index (Phi) is 15.5. The van der Waals surface area contributed by atoms with E-state index in [9.17, 15) is 24.1 Å². The summed E-state index contributed by atoms with van der Waals surface area (Å²) in [5.41, 5.74) is 0.735. The number of rotatable bonds is 17. The van der Waals surface area contributed by atoms with Crippen LogP contribution in [0, 0.1) is 5.41 Å². The standard InChI is InChI=1S/C23H36N3O11P/c1-4-32-22(29)34-13-9-15-36-38(31,37-16-10-14-35-23(30)33-5-2)25-21(24)26(3)19(20(27)28)17-18-11-7-6-8-12-18/h6-8,11-12,19H,4-5,9-10,13-17H2,1-3H3,(H,27,28)(H2,24,25,31). The molecule has 15 heteroatoms. The second kappa shape index (κ2) is 18.0. The Bertz CT molecular complexity index is 900. The van der Waals surface area contributed by atoms with Gasteiger partial charge in [-0.25, -0.2) is 18.9 Å². The van der Waals surface area contributed by atoms with Crippen LogP contribution in [0.3, 0.4) is 0 Å². The highest BCUT2D eigenvalue weighted by molar-refractivity contribution is 7.52. The minimum atomic E-state index is -4.19. The minimum absolute atomic E-state index is 0.0816. The first-order valence-corrected chi connectivity index (χ1v) is 13.5. The SMILES string of the molecule is CCOC(=O)OCCCOP(=O)(NC(=N)N(C)C(Cc1ccccc1)C(=O)O)OCCCOC(=O)OCC. The number of benzene rings is 1. The zero-order valence-corrected chi connectivity index (χ0v) is 22.6. The van der Waals surface area contributed by atoms with Crippen LogP contribution in [0.2, 0.25) is 0 Å². The van der Waals surface area contributed by atoms with Crippen LogP contribution in [-0.4, -0.2) is 87.0 Å². The zero-order valence-electron chi connectivity index (χ0n) is 21.8. The number of carbonyl (C=O) groups is 3. The van der Waals surface area contributed by atoms with E-state index < -0.39 is 38.0 Å². The van der Waals surface area contributed by atoms with Gasteiger partial charge in [0.25, 0.3) is 0 Å². The van der Waals surface area contributed by atoms with Gasteiger partial charge in [-0.1, -0.05) is 30.3 Å². The second-order valence-electron chi connectivity index (χ2n) is 7.55. The molecule has 0 aliphatic rings. The lowest BCUT2D eigenvalue weighted by atomic mass is 10.1. The molecule has 0 saturated carbocycles. The second-order valence-corrected chi connectivity index (χ2v) is 9.28. The van der Waals surface area contributed by atoms with Crippen LogP contribution < -0.4 is 5.09 Å². The lowest BCUT2D eigenvalue weighted by Crippen LogP contribution is -2.48. The molecule has 1 atom stereocenters. The zero-order chi connectivity index (χ0) is 28.4. The predicted molar refractivity (Wildman–Crippen MR) is 135 cm³/mol. The van der Waals surface area contributed by atoms with Crippen molar-refractivity contribution in [3.8, 4) is 0 Å². The molecular weight excluding hydrogens is 525 g/mol. The van der Waals surface area contributed by atoms with Crippen molar-refractivity contribution in [2.75, 3.05) is 46.7 Å². The molecule has 0 saturated heterocycles. The highest BCUT2D eigenvalue weighted by Crippen LogP contribution is 2.44. The molecule has 0 fully saturated rings. The van der Waals surface area contributed by atoms with E-state index in [2.05, 4.69) is 14.6 Å². The Labute approximate surface area is 221 Å².